The maximum atomic E-state index is 12.4. The van der Waals surface area contributed by atoms with Gasteiger partial charge in [-0.1, -0.05) is 18.2 Å². The molecule has 6 heteroatoms. The Labute approximate surface area is 150 Å². The fraction of sp³-hybridized carbons (Fsp3) is 0.200. The fourth-order valence-electron chi connectivity index (χ4n) is 3.11. The number of benzene rings is 2. The molecule has 0 saturated heterocycles. The van der Waals surface area contributed by atoms with Crippen molar-refractivity contribution in [2.24, 2.45) is 0 Å². The molecule has 3 aromatic rings. The Balaban J connectivity index is 1.41. The molecule has 0 radical (unpaired) electrons. The summed E-state index contributed by atoms with van der Waals surface area (Å²) in [7, 11) is 0. The van der Waals surface area contributed by atoms with Crippen molar-refractivity contribution in [3.8, 4) is 5.75 Å². The van der Waals surface area contributed by atoms with Gasteiger partial charge in [-0.25, -0.2) is 0 Å². The van der Waals surface area contributed by atoms with Crippen LogP contribution in [-0.4, -0.2) is 29.9 Å². The Kier molecular flexibility index (Phi) is 4.31. The van der Waals surface area contributed by atoms with Crippen LogP contribution in [0.15, 0.2) is 48.7 Å². The number of hydrogen-bond acceptors (Lipinski definition) is 3. The molecule has 2 amide bonds. The lowest BCUT2D eigenvalue weighted by atomic mass is 10.1. The first kappa shape index (κ1) is 16.2. The van der Waals surface area contributed by atoms with Gasteiger partial charge in [-0.3, -0.25) is 9.59 Å². The van der Waals surface area contributed by atoms with Crippen LogP contribution in [0.3, 0.4) is 0 Å². The largest absolute Gasteiger partial charge is 0.491 e. The van der Waals surface area contributed by atoms with E-state index in [0.29, 0.717) is 36.6 Å². The van der Waals surface area contributed by atoms with Crippen LogP contribution in [0.2, 0.25) is 0 Å². The normalized spacial score (nSPS) is 13.5. The van der Waals surface area contributed by atoms with E-state index in [2.05, 4.69) is 21.7 Å². The predicted octanol–water partition coefficient (Wildman–Crippen LogP) is 2.86. The monoisotopic (exact) mass is 349 g/mol. The number of rotatable bonds is 4. The summed E-state index contributed by atoms with van der Waals surface area (Å²) in [5.74, 6) is 0.304. The second-order valence-electron chi connectivity index (χ2n) is 6.22. The number of anilines is 1. The summed E-state index contributed by atoms with van der Waals surface area (Å²) in [6.07, 6.45) is 3.02. The SMILES string of the molecule is O=C1CCOc2ccc(C(=O)NCCc3c[nH]c4ccccc34)cc2N1. The molecule has 0 fully saturated rings. The highest BCUT2D eigenvalue weighted by molar-refractivity contribution is 5.98. The van der Waals surface area contributed by atoms with Crippen LogP contribution in [-0.2, 0) is 11.2 Å². The van der Waals surface area contributed by atoms with Gasteiger partial charge in [-0.05, 0) is 36.2 Å². The highest BCUT2D eigenvalue weighted by Crippen LogP contribution is 2.28. The van der Waals surface area contributed by atoms with Gasteiger partial charge in [0.05, 0.1) is 18.7 Å². The molecule has 1 aliphatic rings. The molecule has 0 atom stereocenters. The van der Waals surface area contributed by atoms with Gasteiger partial charge < -0.3 is 20.4 Å². The lowest BCUT2D eigenvalue weighted by molar-refractivity contribution is -0.116. The molecule has 0 aliphatic carbocycles. The number of para-hydroxylation sites is 1. The molecule has 1 aliphatic heterocycles. The topological polar surface area (TPSA) is 83.2 Å². The van der Waals surface area contributed by atoms with E-state index in [1.807, 2.05) is 24.4 Å². The third-order valence-corrected chi connectivity index (χ3v) is 4.46. The van der Waals surface area contributed by atoms with Crippen molar-refractivity contribution in [3.05, 3.63) is 59.8 Å². The van der Waals surface area contributed by atoms with Crippen LogP contribution in [0.5, 0.6) is 5.75 Å². The Bertz CT molecular complexity index is 977. The molecule has 0 unspecified atom stereocenters. The smallest absolute Gasteiger partial charge is 0.251 e. The third-order valence-electron chi connectivity index (χ3n) is 4.46. The van der Waals surface area contributed by atoms with E-state index in [0.717, 1.165) is 11.9 Å². The van der Waals surface area contributed by atoms with Crippen LogP contribution >= 0.6 is 0 Å². The summed E-state index contributed by atoms with van der Waals surface area (Å²) >= 11 is 0. The third kappa shape index (κ3) is 3.26. The molecule has 2 heterocycles. The minimum Gasteiger partial charge on any atom is -0.491 e. The maximum Gasteiger partial charge on any atom is 0.251 e. The molecular weight excluding hydrogens is 330 g/mol. The van der Waals surface area contributed by atoms with Crippen molar-refractivity contribution in [1.29, 1.82) is 0 Å². The van der Waals surface area contributed by atoms with Crippen molar-refractivity contribution in [3.63, 3.8) is 0 Å². The number of nitrogens with one attached hydrogen (secondary N) is 3. The average molecular weight is 349 g/mol. The molecule has 4 rings (SSSR count). The van der Waals surface area contributed by atoms with E-state index in [4.69, 9.17) is 4.74 Å². The summed E-state index contributed by atoms with van der Waals surface area (Å²) in [5, 5.41) is 6.87. The molecule has 0 bridgehead atoms. The van der Waals surface area contributed by atoms with Crippen molar-refractivity contribution in [2.75, 3.05) is 18.5 Å². The molecule has 1 aromatic heterocycles. The molecule has 6 nitrogen and oxygen atoms in total. The molecular formula is C20H19N3O3. The summed E-state index contributed by atoms with van der Waals surface area (Å²) < 4.78 is 5.51. The van der Waals surface area contributed by atoms with Crippen molar-refractivity contribution in [1.82, 2.24) is 10.3 Å². The van der Waals surface area contributed by atoms with Crippen LogP contribution in [0, 0.1) is 0 Å². The number of ether oxygens (including phenoxy) is 1. The van der Waals surface area contributed by atoms with Gasteiger partial charge in [-0.15, -0.1) is 0 Å². The lowest BCUT2D eigenvalue weighted by Crippen LogP contribution is -2.25. The zero-order chi connectivity index (χ0) is 17.9. The highest BCUT2D eigenvalue weighted by Gasteiger charge is 2.16. The van der Waals surface area contributed by atoms with Crippen LogP contribution in [0.4, 0.5) is 5.69 Å². The van der Waals surface area contributed by atoms with Gasteiger partial charge in [0.1, 0.15) is 5.75 Å². The summed E-state index contributed by atoms with van der Waals surface area (Å²) in [6.45, 7) is 0.871. The van der Waals surface area contributed by atoms with E-state index in [-0.39, 0.29) is 11.8 Å². The molecule has 26 heavy (non-hydrogen) atoms. The minimum atomic E-state index is -0.175. The zero-order valence-electron chi connectivity index (χ0n) is 14.2. The Morgan fingerprint density at radius 3 is 3.00 bits per heavy atom. The van der Waals surface area contributed by atoms with Gasteiger partial charge >= 0.3 is 0 Å². The van der Waals surface area contributed by atoms with Crippen LogP contribution in [0.1, 0.15) is 22.3 Å². The van der Waals surface area contributed by atoms with E-state index in [1.54, 1.807) is 18.2 Å². The zero-order valence-corrected chi connectivity index (χ0v) is 14.2. The molecule has 0 spiro atoms. The number of fused-ring (bicyclic) bond motifs is 2. The van der Waals surface area contributed by atoms with Gasteiger partial charge in [0.15, 0.2) is 0 Å². The van der Waals surface area contributed by atoms with E-state index < -0.39 is 0 Å². The number of aromatic nitrogens is 1. The van der Waals surface area contributed by atoms with Gasteiger partial charge in [0, 0.05) is 29.2 Å². The number of carbonyl (C=O) groups is 2. The number of hydrogen-bond donors (Lipinski definition) is 3. The van der Waals surface area contributed by atoms with E-state index in [9.17, 15) is 9.59 Å². The van der Waals surface area contributed by atoms with Crippen molar-refractivity contribution in [2.45, 2.75) is 12.8 Å². The predicted molar refractivity (Wildman–Crippen MR) is 99.5 cm³/mol. The quantitative estimate of drug-likeness (QED) is 0.677. The Morgan fingerprint density at radius 2 is 2.08 bits per heavy atom. The number of aromatic amines is 1. The van der Waals surface area contributed by atoms with Crippen LogP contribution in [0.25, 0.3) is 10.9 Å². The van der Waals surface area contributed by atoms with Gasteiger partial charge in [0.25, 0.3) is 5.91 Å². The number of carbonyl (C=O) groups excluding carboxylic acids is 2. The van der Waals surface area contributed by atoms with Gasteiger partial charge in [-0.2, -0.15) is 0 Å². The number of H-pyrrole nitrogens is 1. The van der Waals surface area contributed by atoms with Gasteiger partial charge in [0.2, 0.25) is 5.91 Å². The second kappa shape index (κ2) is 6.92. The van der Waals surface area contributed by atoms with Crippen LogP contribution < -0.4 is 15.4 Å². The van der Waals surface area contributed by atoms with E-state index in [1.165, 1.54) is 10.9 Å². The van der Waals surface area contributed by atoms with Crippen molar-refractivity contribution >= 4 is 28.4 Å². The molecule has 132 valence electrons. The highest BCUT2D eigenvalue weighted by atomic mass is 16.5. The first-order valence-corrected chi connectivity index (χ1v) is 8.60. The molecule has 3 N–H and O–H groups in total. The van der Waals surface area contributed by atoms with Crippen molar-refractivity contribution < 1.29 is 14.3 Å². The first-order chi connectivity index (χ1) is 12.7. The maximum absolute atomic E-state index is 12.4. The Morgan fingerprint density at radius 1 is 1.19 bits per heavy atom. The molecule has 0 saturated carbocycles. The van der Waals surface area contributed by atoms with E-state index >= 15 is 0 Å². The first-order valence-electron chi connectivity index (χ1n) is 8.60. The summed E-state index contributed by atoms with van der Waals surface area (Å²) in [5.41, 5.74) is 3.30. The minimum absolute atomic E-state index is 0.111. The number of amides is 2. The summed E-state index contributed by atoms with van der Waals surface area (Å²) in [4.78, 5) is 27.3. The lowest BCUT2D eigenvalue weighted by Gasteiger charge is -2.10. The molecule has 2 aromatic carbocycles. The fourth-order valence-corrected chi connectivity index (χ4v) is 3.11. The summed E-state index contributed by atoms with van der Waals surface area (Å²) in [6, 6.07) is 13.2. The average Bonchev–Trinajstić information content (AvgIpc) is 2.96. The second-order valence-corrected chi connectivity index (χ2v) is 6.22. The Hall–Kier alpha value is -3.28. The standard InChI is InChI=1S/C20H19N3O3/c24-19-8-10-26-18-6-5-13(11-17(18)23-19)20(25)21-9-7-14-12-22-16-4-2-1-3-15(14)16/h1-6,11-12,22H,7-10H2,(H,21,25)(H,23,24).